The summed E-state index contributed by atoms with van der Waals surface area (Å²) in [4.78, 5) is 27.9. The Morgan fingerprint density at radius 2 is 1.72 bits per heavy atom. The molecule has 1 saturated heterocycles. The first kappa shape index (κ1) is 21.9. The van der Waals surface area contributed by atoms with E-state index in [0.717, 1.165) is 12.1 Å². The summed E-state index contributed by atoms with van der Waals surface area (Å²) in [5, 5.41) is 9.26. The molecule has 1 fully saturated rings. The molecule has 0 aliphatic carbocycles. The Balaban J connectivity index is 1.69. The van der Waals surface area contributed by atoms with Crippen LogP contribution in [0.15, 0.2) is 42.5 Å². The van der Waals surface area contributed by atoms with Crippen LogP contribution in [0, 0.1) is 0 Å². The van der Waals surface area contributed by atoms with Crippen LogP contribution in [-0.4, -0.2) is 59.8 Å². The van der Waals surface area contributed by atoms with Crippen molar-refractivity contribution in [2.75, 3.05) is 32.9 Å². The van der Waals surface area contributed by atoms with Gasteiger partial charge >= 0.3 is 18.2 Å². The SMILES string of the molecule is O=C(O)c1ccc2c(c1)OCC(c1ccc(C(F)(F)F)cc1)N(C(=O)N1CCOCC1)C2. The fourth-order valence-corrected chi connectivity index (χ4v) is 3.81. The zero-order valence-corrected chi connectivity index (χ0v) is 17.0. The van der Waals surface area contributed by atoms with Crippen molar-refractivity contribution >= 4 is 12.0 Å². The van der Waals surface area contributed by atoms with Crippen molar-refractivity contribution in [1.29, 1.82) is 0 Å². The second-order valence-electron chi connectivity index (χ2n) is 7.58. The van der Waals surface area contributed by atoms with Gasteiger partial charge in [-0.2, -0.15) is 13.2 Å². The number of hydrogen-bond donors (Lipinski definition) is 1. The molecular weight excluding hydrogens is 429 g/mol. The Labute approximate surface area is 181 Å². The Bertz CT molecular complexity index is 1000. The Morgan fingerprint density at radius 1 is 1.03 bits per heavy atom. The lowest BCUT2D eigenvalue weighted by atomic mass is 10.0. The third-order valence-corrected chi connectivity index (χ3v) is 5.58. The van der Waals surface area contributed by atoms with Gasteiger partial charge in [-0.15, -0.1) is 0 Å². The van der Waals surface area contributed by atoms with Gasteiger partial charge in [0.15, 0.2) is 0 Å². The van der Waals surface area contributed by atoms with Crippen LogP contribution in [-0.2, 0) is 17.5 Å². The number of rotatable bonds is 2. The van der Waals surface area contributed by atoms with Crippen LogP contribution in [0.3, 0.4) is 0 Å². The van der Waals surface area contributed by atoms with Gasteiger partial charge in [0.05, 0.1) is 36.9 Å². The molecule has 0 aromatic heterocycles. The van der Waals surface area contributed by atoms with Crippen LogP contribution >= 0.6 is 0 Å². The zero-order chi connectivity index (χ0) is 22.9. The number of carboxylic acid groups (broad SMARTS) is 1. The lowest BCUT2D eigenvalue weighted by Gasteiger charge is -2.36. The molecule has 2 aliphatic heterocycles. The molecular formula is C22H21F3N2O5. The number of halogens is 3. The van der Waals surface area contributed by atoms with E-state index in [0.29, 0.717) is 43.2 Å². The van der Waals surface area contributed by atoms with Gasteiger partial charge in [-0.05, 0) is 29.8 Å². The molecule has 4 rings (SSSR count). The van der Waals surface area contributed by atoms with Crippen molar-refractivity contribution in [1.82, 2.24) is 9.80 Å². The third kappa shape index (κ3) is 4.50. The maximum Gasteiger partial charge on any atom is 0.416 e. The molecule has 10 heteroatoms. The topological polar surface area (TPSA) is 79.3 Å². The van der Waals surface area contributed by atoms with Crippen molar-refractivity contribution in [3.05, 3.63) is 64.7 Å². The molecule has 0 spiro atoms. The number of alkyl halides is 3. The Kier molecular flexibility index (Phi) is 5.96. The molecule has 170 valence electrons. The highest BCUT2D eigenvalue weighted by molar-refractivity contribution is 5.88. The van der Waals surface area contributed by atoms with Crippen molar-refractivity contribution < 1.29 is 37.3 Å². The molecule has 1 unspecified atom stereocenters. The number of hydrogen-bond acceptors (Lipinski definition) is 4. The van der Waals surface area contributed by atoms with Crippen molar-refractivity contribution in [2.24, 2.45) is 0 Å². The summed E-state index contributed by atoms with van der Waals surface area (Å²) in [5.74, 6) is -0.778. The molecule has 32 heavy (non-hydrogen) atoms. The third-order valence-electron chi connectivity index (χ3n) is 5.58. The van der Waals surface area contributed by atoms with E-state index in [2.05, 4.69) is 0 Å². The van der Waals surface area contributed by atoms with E-state index < -0.39 is 23.8 Å². The van der Waals surface area contributed by atoms with Gasteiger partial charge in [-0.1, -0.05) is 18.2 Å². The van der Waals surface area contributed by atoms with Gasteiger partial charge in [0.25, 0.3) is 0 Å². The highest BCUT2D eigenvalue weighted by Gasteiger charge is 2.35. The van der Waals surface area contributed by atoms with Crippen LogP contribution in [0.25, 0.3) is 0 Å². The number of carbonyl (C=O) groups excluding carboxylic acids is 1. The first-order chi connectivity index (χ1) is 15.2. The van der Waals surface area contributed by atoms with Crippen LogP contribution in [0.5, 0.6) is 5.75 Å². The number of morpholine rings is 1. The quantitative estimate of drug-likeness (QED) is 0.753. The van der Waals surface area contributed by atoms with Crippen molar-refractivity contribution in [3.8, 4) is 5.75 Å². The molecule has 2 aliphatic rings. The Hall–Kier alpha value is -3.27. The standard InChI is InChI=1S/C22H21F3N2O5/c23-22(24,25)17-5-3-14(4-6-17)18-13-32-19-11-15(20(28)29)1-2-16(19)12-27(18)21(30)26-7-9-31-10-8-26/h1-6,11,18H,7-10,12-13H2,(H,28,29). The van der Waals surface area contributed by atoms with E-state index in [1.165, 1.54) is 24.3 Å². The maximum absolute atomic E-state index is 13.4. The highest BCUT2D eigenvalue weighted by atomic mass is 19.4. The van der Waals surface area contributed by atoms with E-state index in [9.17, 15) is 27.9 Å². The molecule has 0 bridgehead atoms. The van der Waals surface area contributed by atoms with Gasteiger partial charge in [0.1, 0.15) is 12.4 Å². The molecule has 2 aromatic rings. The average molecular weight is 450 g/mol. The number of ether oxygens (including phenoxy) is 2. The number of aromatic carboxylic acids is 1. The van der Waals surface area contributed by atoms with Gasteiger partial charge in [-0.25, -0.2) is 9.59 Å². The summed E-state index contributed by atoms with van der Waals surface area (Å²) in [6, 6.07) is 8.12. The molecule has 2 amide bonds. The van der Waals surface area contributed by atoms with Crippen LogP contribution in [0.1, 0.15) is 33.1 Å². The van der Waals surface area contributed by atoms with Crippen LogP contribution in [0.2, 0.25) is 0 Å². The average Bonchev–Trinajstić information content (AvgIpc) is 2.98. The monoisotopic (exact) mass is 450 g/mol. The number of amides is 2. The normalized spacial score (nSPS) is 19.0. The molecule has 0 radical (unpaired) electrons. The van der Waals surface area contributed by atoms with E-state index in [4.69, 9.17) is 9.47 Å². The molecule has 7 nitrogen and oxygen atoms in total. The van der Waals surface area contributed by atoms with Gasteiger partial charge < -0.3 is 24.4 Å². The maximum atomic E-state index is 13.4. The molecule has 2 heterocycles. The minimum absolute atomic E-state index is 0.0302. The number of benzene rings is 2. The second-order valence-corrected chi connectivity index (χ2v) is 7.58. The van der Waals surface area contributed by atoms with Crippen LogP contribution in [0.4, 0.5) is 18.0 Å². The summed E-state index contributed by atoms with van der Waals surface area (Å²) in [7, 11) is 0. The highest BCUT2D eigenvalue weighted by Crippen LogP contribution is 2.35. The lowest BCUT2D eigenvalue weighted by molar-refractivity contribution is -0.137. The molecule has 1 atom stereocenters. The van der Waals surface area contributed by atoms with E-state index in [1.54, 1.807) is 15.9 Å². The largest absolute Gasteiger partial charge is 0.491 e. The first-order valence-corrected chi connectivity index (χ1v) is 10.0. The number of carboxylic acids is 1. The van der Waals surface area contributed by atoms with Crippen LogP contribution < -0.4 is 4.74 Å². The fraction of sp³-hybridized carbons (Fsp3) is 0.364. The van der Waals surface area contributed by atoms with Crippen molar-refractivity contribution in [2.45, 2.75) is 18.8 Å². The smallest absolute Gasteiger partial charge is 0.416 e. The van der Waals surface area contributed by atoms with E-state index in [1.807, 2.05) is 0 Å². The summed E-state index contributed by atoms with van der Waals surface area (Å²) in [6.45, 7) is 1.70. The number of urea groups is 1. The van der Waals surface area contributed by atoms with E-state index in [-0.39, 0.29) is 24.7 Å². The zero-order valence-electron chi connectivity index (χ0n) is 17.0. The fourth-order valence-electron chi connectivity index (χ4n) is 3.81. The predicted molar refractivity (Wildman–Crippen MR) is 106 cm³/mol. The number of fused-ring (bicyclic) bond motifs is 1. The minimum Gasteiger partial charge on any atom is -0.491 e. The summed E-state index contributed by atoms with van der Waals surface area (Å²) in [5.41, 5.74) is 0.371. The summed E-state index contributed by atoms with van der Waals surface area (Å²) >= 11 is 0. The van der Waals surface area contributed by atoms with E-state index >= 15 is 0 Å². The molecule has 0 saturated carbocycles. The lowest BCUT2D eigenvalue weighted by Crippen LogP contribution is -2.49. The Morgan fingerprint density at radius 3 is 2.34 bits per heavy atom. The predicted octanol–water partition coefficient (Wildman–Crippen LogP) is 3.79. The van der Waals surface area contributed by atoms with Gasteiger partial charge in [0, 0.05) is 18.7 Å². The summed E-state index contributed by atoms with van der Waals surface area (Å²) in [6.07, 6.45) is -4.47. The molecule has 1 N–H and O–H groups in total. The van der Waals surface area contributed by atoms with Crippen molar-refractivity contribution in [3.63, 3.8) is 0 Å². The first-order valence-electron chi connectivity index (χ1n) is 10.0. The van der Waals surface area contributed by atoms with Gasteiger partial charge in [0.2, 0.25) is 0 Å². The minimum atomic E-state index is -4.47. The molecule has 2 aromatic carbocycles. The second kappa shape index (κ2) is 8.70. The number of carbonyl (C=O) groups is 2. The number of nitrogens with zero attached hydrogens (tertiary/aromatic N) is 2. The van der Waals surface area contributed by atoms with Gasteiger partial charge in [-0.3, -0.25) is 0 Å². The summed E-state index contributed by atoms with van der Waals surface area (Å²) < 4.78 is 50.2.